The highest BCUT2D eigenvalue weighted by molar-refractivity contribution is 6.30. The van der Waals surface area contributed by atoms with Gasteiger partial charge in [-0.15, -0.1) is 0 Å². The minimum atomic E-state index is -0.446. The van der Waals surface area contributed by atoms with Crippen molar-refractivity contribution in [2.45, 2.75) is 19.3 Å². The third kappa shape index (κ3) is 4.19. The Balaban J connectivity index is 2.22. The number of benzene rings is 1. The Labute approximate surface area is 128 Å². The third-order valence-corrected chi connectivity index (χ3v) is 4.01. The first-order valence-electron chi connectivity index (χ1n) is 6.92. The normalized spacial score (nSPS) is 18.0. The number of rotatable bonds is 4. The van der Waals surface area contributed by atoms with Gasteiger partial charge < -0.3 is 16.3 Å². The Morgan fingerprint density at radius 1 is 1.48 bits per heavy atom. The number of nitrogens with two attached hydrogens (primary N) is 1. The fourth-order valence-electron chi connectivity index (χ4n) is 2.62. The Bertz CT molecular complexity index is 554. The van der Waals surface area contributed by atoms with Gasteiger partial charge in [0.05, 0.1) is 11.2 Å². The first-order valence-corrected chi connectivity index (χ1v) is 7.30. The Hall–Kier alpha value is -1.59. The number of halogens is 2. The highest BCUT2D eigenvalue weighted by atomic mass is 35.5. The minimum absolute atomic E-state index is 0.0829. The van der Waals surface area contributed by atoms with Gasteiger partial charge in [0.25, 0.3) is 0 Å². The van der Waals surface area contributed by atoms with Gasteiger partial charge in [-0.2, -0.15) is 0 Å². The van der Waals surface area contributed by atoms with Gasteiger partial charge in [-0.3, -0.25) is 0 Å². The molecular formula is C15H19ClFN3O. The lowest BCUT2D eigenvalue weighted by Gasteiger charge is -2.24. The predicted molar refractivity (Wildman–Crippen MR) is 82.2 cm³/mol. The molecule has 0 unspecified atom stereocenters. The summed E-state index contributed by atoms with van der Waals surface area (Å²) in [6, 6.07) is 4.55. The molecule has 4 nitrogen and oxygen atoms in total. The van der Waals surface area contributed by atoms with Crippen LogP contribution in [-0.2, 0) is 6.42 Å². The maximum Gasteiger partial charge on any atom is 0.141 e. The Morgan fingerprint density at radius 2 is 2.19 bits per heavy atom. The molecule has 4 N–H and O–H groups in total. The molecule has 1 aliphatic rings. The number of allylic oxidation sites excluding steroid dienone is 2. The van der Waals surface area contributed by atoms with Gasteiger partial charge in [-0.1, -0.05) is 22.8 Å². The molecule has 1 fully saturated rings. The van der Waals surface area contributed by atoms with E-state index >= 15 is 0 Å². The van der Waals surface area contributed by atoms with E-state index in [9.17, 15) is 4.39 Å². The Kier molecular flexibility index (Phi) is 5.59. The molecule has 1 heterocycles. The fourth-order valence-corrected chi connectivity index (χ4v) is 2.82. The van der Waals surface area contributed by atoms with Crippen LogP contribution in [0, 0.1) is 11.7 Å². The summed E-state index contributed by atoms with van der Waals surface area (Å²) < 4.78 is 13.2. The molecule has 0 bridgehead atoms. The van der Waals surface area contributed by atoms with Crippen molar-refractivity contribution in [2.24, 2.45) is 16.8 Å². The van der Waals surface area contributed by atoms with Crippen molar-refractivity contribution in [3.05, 3.63) is 45.9 Å². The van der Waals surface area contributed by atoms with Crippen molar-refractivity contribution >= 4 is 17.8 Å². The van der Waals surface area contributed by atoms with Gasteiger partial charge in [-0.05, 0) is 55.1 Å². The van der Waals surface area contributed by atoms with Gasteiger partial charge >= 0.3 is 0 Å². The van der Waals surface area contributed by atoms with Crippen LogP contribution >= 0.6 is 11.6 Å². The lowest BCUT2D eigenvalue weighted by molar-refractivity contribution is 0.320. The number of oxime groups is 1. The van der Waals surface area contributed by atoms with Crippen LogP contribution in [0.1, 0.15) is 18.4 Å². The molecule has 0 spiro atoms. The van der Waals surface area contributed by atoms with Crippen LogP contribution in [0.5, 0.6) is 0 Å². The standard InChI is InChI=1S/C15H19ClFN3O/c16-13-7-10(1-2-14(13)17)8-15(18)12(9-20-21)11-3-5-19-6-4-11/h1-2,7,9,11,19,21H,3-6,8,18H2/b15-12+,20-9+. The summed E-state index contributed by atoms with van der Waals surface area (Å²) in [4.78, 5) is 0. The number of nitrogens with zero attached hydrogens (tertiary/aromatic N) is 1. The Morgan fingerprint density at radius 3 is 2.81 bits per heavy atom. The third-order valence-electron chi connectivity index (χ3n) is 3.73. The van der Waals surface area contributed by atoms with Crippen molar-refractivity contribution < 1.29 is 9.60 Å². The molecule has 21 heavy (non-hydrogen) atoms. The van der Waals surface area contributed by atoms with Gasteiger partial charge in [0.15, 0.2) is 0 Å². The lowest BCUT2D eigenvalue weighted by atomic mass is 9.88. The highest BCUT2D eigenvalue weighted by Crippen LogP contribution is 2.24. The second-order valence-electron chi connectivity index (χ2n) is 5.17. The SMILES string of the molecule is N/C(Cc1ccc(F)c(Cl)c1)=C(\C=N\O)C1CCNCC1. The lowest BCUT2D eigenvalue weighted by Crippen LogP contribution is -2.30. The van der Waals surface area contributed by atoms with E-state index in [1.165, 1.54) is 12.3 Å². The summed E-state index contributed by atoms with van der Waals surface area (Å²) >= 11 is 5.78. The molecule has 1 aromatic rings. The second kappa shape index (κ2) is 7.43. The largest absolute Gasteiger partial charge is 0.411 e. The molecule has 0 aromatic heterocycles. The number of hydrogen-bond acceptors (Lipinski definition) is 4. The molecule has 0 atom stereocenters. The van der Waals surface area contributed by atoms with E-state index in [1.54, 1.807) is 12.1 Å². The van der Waals surface area contributed by atoms with Gasteiger partial charge in [0, 0.05) is 12.1 Å². The molecular weight excluding hydrogens is 293 g/mol. The van der Waals surface area contributed by atoms with Crippen molar-refractivity contribution in [1.29, 1.82) is 0 Å². The average molecular weight is 312 g/mol. The van der Waals surface area contributed by atoms with E-state index < -0.39 is 5.82 Å². The van der Waals surface area contributed by atoms with Crippen molar-refractivity contribution in [1.82, 2.24) is 5.32 Å². The van der Waals surface area contributed by atoms with Gasteiger partial charge in [-0.25, -0.2) is 4.39 Å². The zero-order valence-electron chi connectivity index (χ0n) is 11.6. The molecule has 0 radical (unpaired) electrons. The van der Waals surface area contributed by atoms with Crippen LogP contribution in [0.3, 0.4) is 0 Å². The topological polar surface area (TPSA) is 70.6 Å². The van der Waals surface area contributed by atoms with Crippen molar-refractivity contribution in [3.63, 3.8) is 0 Å². The van der Waals surface area contributed by atoms with Crippen molar-refractivity contribution in [2.75, 3.05) is 13.1 Å². The number of nitrogens with one attached hydrogen (secondary N) is 1. The molecule has 114 valence electrons. The first-order chi connectivity index (χ1) is 10.1. The maximum atomic E-state index is 13.2. The quantitative estimate of drug-likeness (QED) is 0.455. The van der Waals surface area contributed by atoms with Crippen molar-refractivity contribution in [3.8, 4) is 0 Å². The summed E-state index contributed by atoms with van der Waals surface area (Å²) in [6.45, 7) is 1.84. The molecule has 0 saturated carbocycles. The zero-order chi connectivity index (χ0) is 15.2. The summed E-state index contributed by atoms with van der Waals surface area (Å²) in [5, 5.41) is 15.4. The molecule has 1 saturated heterocycles. The maximum absolute atomic E-state index is 13.2. The smallest absolute Gasteiger partial charge is 0.141 e. The average Bonchev–Trinajstić information content (AvgIpc) is 2.49. The van der Waals surface area contributed by atoms with Gasteiger partial charge in [0.2, 0.25) is 0 Å². The molecule has 6 heteroatoms. The van der Waals surface area contributed by atoms with E-state index in [4.69, 9.17) is 22.5 Å². The highest BCUT2D eigenvalue weighted by Gasteiger charge is 2.19. The van der Waals surface area contributed by atoms with E-state index in [-0.39, 0.29) is 10.9 Å². The summed E-state index contributed by atoms with van der Waals surface area (Å²) in [5.74, 6) is -0.170. The van der Waals surface area contributed by atoms with Crippen LogP contribution in [0.15, 0.2) is 34.6 Å². The molecule has 1 aliphatic heterocycles. The van der Waals surface area contributed by atoms with E-state index in [1.807, 2.05) is 0 Å². The summed E-state index contributed by atoms with van der Waals surface area (Å²) in [6.07, 6.45) is 3.76. The summed E-state index contributed by atoms with van der Waals surface area (Å²) in [5.41, 5.74) is 8.48. The molecule has 0 amide bonds. The number of hydrogen-bond donors (Lipinski definition) is 3. The van der Waals surface area contributed by atoms with E-state index in [0.717, 1.165) is 37.1 Å². The minimum Gasteiger partial charge on any atom is -0.411 e. The van der Waals surface area contributed by atoms with E-state index in [2.05, 4.69) is 10.5 Å². The van der Waals surface area contributed by atoms with Crippen LogP contribution in [0.25, 0.3) is 0 Å². The van der Waals surface area contributed by atoms with Crippen LogP contribution in [0.2, 0.25) is 5.02 Å². The monoisotopic (exact) mass is 311 g/mol. The predicted octanol–water partition coefficient (Wildman–Crippen LogP) is 2.69. The zero-order valence-corrected chi connectivity index (χ0v) is 12.4. The number of piperidine rings is 1. The van der Waals surface area contributed by atoms with Crippen LogP contribution in [0.4, 0.5) is 4.39 Å². The summed E-state index contributed by atoms with van der Waals surface area (Å²) in [7, 11) is 0. The van der Waals surface area contributed by atoms with Gasteiger partial charge in [0.1, 0.15) is 5.82 Å². The van der Waals surface area contributed by atoms with Crippen LogP contribution in [-0.4, -0.2) is 24.5 Å². The second-order valence-corrected chi connectivity index (χ2v) is 5.58. The molecule has 1 aromatic carbocycles. The van der Waals surface area contributed by atoms with Crippen LogP contribution < -0.4 is 11.1 Å². The van der Waals surface area contributed by atoms with E-state index in [0.29, 0.717) is 12.1 Å². The molecule has 0 aliphatic carbocycles. The fraction of sp³-hybridized carbons (Fsp3) is 0.400. The first kappa shape index (κ1) is 15.8. The molecule has 2 rings (SSSR count).